The molecule has 6 nitrogen and oxygen atoms in total. The van der Waals surface area contributed by atoms with Crippen LogP contribution in [0.3, 0.4) is 0 Å². The molecule has 1 aromatic carbocycles. The van der Waals surface area contributed by atoms with Crippen LogP contribution in [0.2, 0.25) is 0 Å². The van der Waals surface area contributed by atoms with Crippen molar-refractivity contribution in [3.63, 3.8) is 0 Å². The SMILES string of the molecule is CCOC(=O)c1oc2ccccc2c1CN1CCN(C(=O)c2ccc(C)s2)CC1. The summed E-state index contributed by atoms with van der Waals surface area (Å²) in [5, 5.41) is 0.933. The fourth-order valence-electron chi connectivity index (χ4n) is 3.66. The topological polar surface area (TPSA) is 63.0 Å². The van der Waals surface area contributed by atoms with Crippen molar-refractivity contribution in [2.24, 2.45) is 0 Å². The lowest BCUT2D eigenvalue weighted by atomic mass is 10.1. The predicted octanol–water partition coefficient (Wildman–Crippen LogP) is 3.94. The highest BCUT2D eigenvalue weighted by molar-refractivity contribution is 7.13. The Morgan fingerprint density at radius 1 is 1.10 bits per heavy atom. The number of furan rings is 1. The summed E-state index contributed by atoms with van der Waals surface area (Å²) in [6.45, 7) is 7.52. The molecule has 0 aliphatic carbocycles. The van der Waals surface area contributed by atoms with Gasteiger partial charge < -0.3 is 14.1 Å². The van der Waals surface area contributed by atoms with Crippen molar-refractivity contribution >= 4 is 34.2 Å². The van der Waals surface area contributed by atoms with Gasteiger partial charge in [-0.3, -0.25) is 9.69 Å². The molecule has 1 aliphatic heterocycles. The van der Waals surface area contributed by atoms with Crippen LogP contribution in [0.15, 0.2) is 40.8 Å². The highest BCUT2D eigenvalue weighted by atomic mass is 32.1. The molecule has 1 fully saturated rings. The number of para-hydroxylation sites is 1. The Morgan fingerprint density at radius 2 is 1.86 bits per heavy atom. The van der Waals surface area contributed by atoms with Crippen molar-refractivity contribution in [2.75, 3.05) is 32.8 Å². The summed E-state index contributed by atoms with van der Waals surface area (Å²) in [6, 6.07) is 11.5. The molecule has 3 heterocycles. The van der Waals surface area contributed by atoms with E-state index in [0.29, 0.717) is 31.8 Å². The number of carbonyl (C=O) groups excluding carboxylic acids is 2. The van der Waals surface area contributed by atoms with Crippen LogP contribution in [0.25, 0.3) is 11.0 Å². The quantitative estimate of drug-likeness (QED) is 0.594. The molecule has 0 radical (unpaired) electrons. The van der Waals surface area contributed by atoms with E-state index in [1.165, 1.54) is 11.3 Å². The van der Waals surface area contributed by atoms with E-state index in [0.717, 1.165) is 33.8 Å². The van der Waals surface area contributed by atoms with Gasteiger partial charge in [0.25, 0.3) is 5.91 Å². The Balaban J connectivity index is 1.48. The molecule has 1 aliphatic rings. The summed E-state index contributed by atoms with van der Waals surface area (Å²) in [7, 11) is 0. The number of ether oxygens (including phenoxy) is 1. The van der Waals surface area contributed by atoms with Crippen molar-refractivity contribution in [3.05, 3.63) is 57.5 Å². The van der Waals surface area contributed by atoms with Crippen LogP contribution < -0.4 is 0 Å². The number of hydrogen-bond donors (Lipinski definition) is 0. The van der Waals surface area contributed by atoms with Crippen molar-refractivity contribution < 1.29 is 18.7 Å². The zero-order valence-corrected chi connectivity index (χ0v) is 17.5. The molecule has 0 bridgehead atoms. The van der Waals surface area contributed by atoms with Crippen LogP contribution in [0, 0.1) is 6.92 Å². The molecule has 1 saturated heterocycles. The zero-order valence-electron chi connectivity index (χ0n) is 16.6. The lowest BCUT2D eigenvalue weighted by molar-refractivity contribution is 0.0488. The number of amides is 1. The Hall–Kier alpha value is -2.64. The molecule has 29 heavy (non-hydrogen) atoms. The van der Waals surface area contributed by atoms with Gasteiger partial charge >= 0.3 is 5.97 Å². The molecule has 4 rings (SSSR count). The van der Waals surface area contributed by atoms with Crippen molar-refractivity contribution in [1.82, 2.24) is 9.80 Å². The third-order valence-corrected chi connectivity index (χ3v) is 6.14. The number of fused-ring (bicyclic) bond motifs is 1. The molecule has 0 unspecified atom stereocenters. The maximum Gasteiger partial charge on any atom is 0.374 e. The molecule has 152 valence electrons. The molecule has 0 N–H and O–H groups in total. The normalized spacial score (nSPS) is 15.0. The van der Waals surface area contributed by atoms with Gasteiger partial charge in [-0.05, 0) is 32.0 Å². The molecule has 0 spiro atoms. The first-order chi connectivity index (χ1) is 14.1. The van der Waals surface area contributed by atoms with Crippen molar-refractivity contribution in [1.29, 1.82) is 0 Å². The van der Waals surface area contributed by atoms with E-state index < -0.39 is 5.97 Å². The first-order valence-corrected chi connectivity index (χ1v) is 10.6. The van der Waals surface area contributed by atoms with Gasteiger partial charge in [0, 0.05) is 48.6 Å². The lowest BCUT2D eigenvalue weighted by Gasteiger charge is -2.34. The molecule has 0 atom stereocenters. The standard InChI is InChI=1S/C22H24N2O4S/c1-3-27-22(26)20-17(16-6-4-5-7-18(16)28-20)14-23-10-12-24(13-11-23)21(25)19-9-8-15(2)29-19/h4-9H,3,10-14H2,1-2H3. The number of hydrogen-bond acceptors (Lipinski definition) is 6. The van der Waals surface area contributed by atoms with E-state index in [1.807, 2.05) is 48.2 Å². The molecule has 1 amide bonds. The van der Waals surface area contributed by atoms with Crippen molar-refractivity contribution in [2.45, 2.75) is 20.4 Å². The van der Waals surface area contributed by atoms with Crippen LogP contribution in [-0.4, -0.2) is 54.5 Å². The van der Waals surface area contributed by atoms with E-state index in [2.05, 4.69) is 4.90 Å². The average molecular weight is 413 g/mol. The zero-order chi connectivity index (χ0) is 20.4. The number of carbonyl (C=O) groups is 2. The Kier molecular flexibility index (Phi) is 5.69. The number of thiophene rings is 1. The number of piperazine rings is 1. The first-order valence-electron chi connectivity index (χ1n) is 9.82. The number of rotatable bonds is 5. The summed E-state index contributed by atoms with van der Waals surface area (Å²) in [4.78, 5) is 31.2. The first kappa shape index (κ1) is 19.7. The van der Waals surface area contributed by atoms with E-state index in [-0.39, 0.29) is 11.7 Å². The van der Waals surface area contributed by atoms with Gasteiger partial charge in [-0.2, -0.15) is 0 Å². The van der Waals surface area contributed by atoms with Gasteiger partial charge in [0.2, 0.25) is 5.76 Å². The van der Waals surface area contributed by atoms with Crippen LogP contribution in [0.1, 0.15) is 37.6 Å². The smallest absolute Gasteiger partial charge is 0.374 e. The number of nitrogens with zero attached hydrogens (tertiary/aromatic N) is 2. The predicted molar refractivity (Wildman–Crippen MR) is 112 cm³/mol. The molecular weight excluding hydrogens is 388 g/mol. The Bertz CT molecular complexity index is 1030. The van der Waals surface area contributed by atoms with Crippen LogP contribution in [0.4, 0.5) is 0 Å². The molecule has 2 aromatic heterocycles. The van der Waals surface area contributed by atoms with E-state index >= 15 is 0 Å². The van der Waals surface area contributed by atoms with Gasteiger partial charge in [0.1, 0.15) is 5.58 Å². The van der Waals surface area contributed by atoms with Crippen molar-refractivity contribution in [3.8, 4) is 0 Å². The minimum atomic E-state index is -0.430. The Labute approximate surface area is 173 Å². The largest absolute Gasteiger partial charge is 0.460 e. The maximum absolute atomic E-state index is 12.7. The third-order valence-electron chi connectivity index (χ3n) is 5.15. The van der Waals surface area contributed by atoms with Crippen LogP contribution in [0.5, 0.6) is 0 Å². The highest BCUT2D eigenvalue weighted by Gasteiger charge is 2.27. The van der Waals surface area contributed by atoms with Crippen LogP contribution >= 0.6 is 11.3 Å². The summed E-state index contributed by atoms with van der Waals surface area (Å²) in [5.74, 6) is -0.0510. The summed E-state index contributed by atoms with van der Waals surface area (Å²) >= 11 is 1.54. The molecule has 7 heteroatoms. The van der Waals surface area contributed by atoms with E-state index in [4.69, 9.17) is 9.15 Å². The number of benzene rings is 1. The van der Waals surface area contributed by atoms with Gasteiger partial charge in [0.05, 0.1) is 11.5 Å². The van der Waals surface area contributed by atoms with Gasteiger partial charge in [-0.15, -0.1) is 11.3 Å². The monoisotopic (exact) mass is 412 g/mol. The van der Waals surface area contributed by atoms with Gasteiger partial charge in [-0.25, -0.2) is 4.79 Å². The molecule has 3 aromatic rings. The van der Waals surface area contributed by atoms with E-state index in [9.17, 15) is 9.59 Å². The second-order valence-corrected chi connectivity index (χ2v) is 8.39. The fraction of sp³-hybridized carbons (Fsp3) is 0.364. The number of esters is 1. The minimum Gasteiger partial charge on any atom is -0.460 e. The second-order valence-electron chi connectivity index (χ2n) is 7.11. The summed E-state index contributed by atoms with van der Waals surface area (Å²) < 4.78 is 11.0. The summed E-state index contributed by atoms with van der Waals surface area (Å²) in [6.07, 6.45) is 0. The average Bonchev–Trinajstić information content (AvgIpc) is 3.32. The van der Waals surface area contributed by atoms with Crippen LogP contribution in [-0.2, 0) is 11.3 Å². The van der Waals surface area contributed by atoms with Gasteiger partial charge in [0.15, 0.2) is 0 Å². The summed E-state index contributed by atoms with van der Waals surface area (Å²) in [5.41, 5.74) is 1.54. The Morgan fingerprint density at radius 3 is 2.55 bits per heavy atom. The molecular formula is C22H24N2O4S. The highest BCUT2D eigenvalue weighted by Crippen LogP contribution is 2.28. The lowest BCUT2D eigenvalue weighted by Crippen LogP contribution is -2.48. The van der Waals surface area contributed by atoms with E-state index in [1.54, 1.807) is 6.92 Å². The third kappa shape index (κ3) is 4.06. The van der Waals surface area contributed by atoms with Gasteiger partial charge in [-0.1, -0.05) is 18.2 Å². The molecule has 0 saturated carbocycles. The minimum absolute atomic E-state index is 0.101. The maximum atomic E-state index is 12.7. The second kappa shape index (κ2) is 8.39. The fourth-order valence-corrected chi connectivity index (χ4v) is 4.49. The number of aryl methyl sites for hydroxylation is 1.